The minimum Gasteiger partial charge on any atom is -0.481 e. The molecular weight excluding hydrogens is 408 g/mol. The van der Waals surface area contributed by atoms with E-state index < -0.39 is 5.97 Å². The number of anilines is 1. The number of carbonyl (C=O) groups is 2. The van der Waals surface area contributed by atoms with Crippen molar-refractivity contribution in [1.82, 2.24) is 14.5 Å². The number of carboxylic acid groups (broad SMARTS) is 1. The summed E-state index contributed by atoms with van der Waals surface area (Å²) in [4.78, 5) is 47.7. The summed E-state index contributed by atoms with van der Waals surface area (Å²) < 4.78 is 1.82. The highest BCUT2D eigenvalue weighted by atomic mass is 16.4. The molecule has 0 radical (unpaired) electrons. The number of carbonyl (C=O) groups excluding carboxylic acids is 1. The monoisotopic (exact) mass is 442 g/mol. The highest BCUT2D eigenvalue weighted by molar-refractivity contribution is 5.92. The average Bonchev–Trinajstić information content (AvgIpc) is 3.20. The maximum Gasteiger partial charge on any atom is 0.303 e. The Labute approximate surface area is 188 Å². The van der Waals surface area contributed by atoms with Crippen molar-refractivity contribution in [3.63, 3.8) is 0 Å². The van der Waals surface area contributed by atoms with Crippen molar-refractivity contribution in [3.8, 4) is 0 Å². The zero-order chi connectivity index (χ0) is 23.4. The van der Waals surface area contributed by atoms with Crippen LogP contribution in [0.3, 0.4) is 0 Å². The lowest BCUT2D eigenvalue weighted by atomic mass is 9.93. The van der Waals surface area contributed by atoms with Gasteiger partial charge in [0.2, 0.25) is 5.91 Å². The first kappa shape index (κ1) is 23.9. The highest BCUT2D eigenvalue weighted by Crippen LogP contribution is 2.44. The predicted molar refractivity (Wildman–Crippen MR) is 124 cm³/mol. The van der Waals surface area contributed by atoms with Gasteiger partial charge in [-0.25, -0.2) is 9.97 Å². The first-order chi connectivity index (χ1) is 15.3. The average molecular weight is 443 g/mol. The van der Waals surface area contributed by atoms with Crippen LogP contribution in [-0.2, 0) is 16.0 Å². The summed E-state index contributed by atoms with van der Waals surface area (Å²) >= 11 is 0. The van der Waals surface area contributed by atoms with Crippen LogP contribution in [0.4, 0.5) is 5.82 Å². The van der Waals surface area contributed by atoms with Crippen LogP contribution in [0.2, 0.25) is 0 Å². The molecule has 0 spiro atoms. The van der Waals surface area contributed by atoms with Crippen LogP contribution in [0.1, 0.15) is 77.5 Å². The van der Waals surface area contributed by atoms with Gasteiger partial charge < -0.3 is 5.11 Å². The Kier molecular flexibility index (Phi) is 7.64. The summed E-state index contributed by atoms with van der Waals surface area (Å²) in [5, 5.41) is 8.99. The second-order valence-corrected chi connectivity index (χ2v) is 8.70. The summed E-state index contributed by atoms with van der Waals surface area (Å²) in [6.45, 7) is 6.12. The summed E-state index contributed by atoms with van der Waals surface area (Å²) in [7, 11) is 1.69. The number of pyridine rings is 1. The van der Waals surface area contributed by atoms with E-state index in [1.807, 2.05) is 10.6 Å². The van der Waals surface area contributed by atoms with Crippen LogP contribution >= 0.6 is 0 Å². The van der Waals surface area contributed by atoms with E-state index in [2.05, 4.69) is 18.8 Å². The Morgan fingerprint density at radius 3 is 2.34 bits per heavy atom. The van der Waals surface area contributed by atoms with Gasteiger partial charge in [-0.05, 0) is 49.7 Å². The number of aryl methyl sites for hydroxylation is 1. The third kappa shape index (κ3) is 4.69. The Hall–Kier alpha value is -2.77. The molecule has 1 N–H and O–H groups in total. The molecule has 2 heterocycles. The Balaban J connectivity index is 2.20. The number of aliphatic carboxylic acids is 1. The number of hydrogen-bond acceptors (Lipinski definition) is 5. The fraction of sp³-hybridized carbons (Fsp3) is 0.625. The molecule has 1 aliphatic carbocycles. The number of fused-ring (bicyclic) bond motifs is 1. The largest absolute Gasteiger partial charge is 0.481 e. The van der Waals surface area contributed by atoms with Gasteiger partial charge in [-0.2, -0.15) is 0 Å². The molecule has 2 unspecified atom stereocenters. The van der Waals surface area contributed by atoms with E-state index in [0.29, 0.717) is 53.8 Å². The van der Waals surface area contributed by atoms with Gasteiger partial charge in [0, 0.05) is 25.9 Å². The van der Waals surface area contributed by atoms with Crippen molar-refractivity contribution >= 4 is 28.9 Å². The van der Waals surface area contributed by atoms with Crippen LogP contribution in [-0.4, -0.2) is 38.6 Å². The number of rotatable bonds is 9. The van der Waals surface area contributed by atoms with E-state index in [9.17, 15) is 14.4 Å². The van der Waals surface area contributed by atoms with Gasteiger partial charge in [-0.3, -0.25) is 23.9 Å². The Morgan fingerprint density at radius 1 is 1.12 bits per heavy atom. The number of amides is 1. The second kappa shape index (κ2) is 10.2. The lowest BCUT2D eigenvalue weighted by Crippen LogP contribution is -2.34. The maximum atomic E-state index is 13.7. The van der Waals surface area contributed by atoms with Crippen molar-refractivity contribution in [2.75, 3.05) is 11.9 Å². The summed E-state index contributed by atoms with van der Waals surface area (Å²) in [6, 6.07) is 3.59. The van der Waals surface area contributed by atoms with E-state index in [0.717, 1.165) is 25.7 Å². The van der Waals surface area contributed by atoms with Crippen LogP contribution in [0.15, 0.2) is 16.9 Å². The number of aromatic nitrogens is 3. The first-order valence-electron chi connectivity index (χ1n) is 11.7. The molecular formula is C24H34N4O4. The van der Waals surface area contributed by atoms with Crippen molar-refractivity contribution in [2.45, 2.75) is 78.2 Å². The van der Waals surface area contributed by atoms with Crippen molar-refractivity contribution in [3.05, 3.63) is 28.2 Å². The number of nitrogens with zero attached hydrogens (tertiary/aromatic N) is 4. The van der Waals surface area contributed by atoms with Crippen molar-refractivity contribution in [1.29, 1.82) is 0 Å². The predicted octanol–water partition coefficient (Wildman–Crippen LogP) is 3.96. The minimum atomic E-state index is -0.881. The van der Waals surface area contributed by atoms with Gasteiger partial charge in [-0.15, -0.1) is 0 Å². The van der Waals surface area contributed by atoms with Crippen molar-refractivity contribution < 1.29 is 14.7 Å². The lowest BCUT2D eigenvalue weighted by molar-refractivity contribution is -0.137. The third-order valence-corrected chi connectivity index (χ3v) is 6.83. The normalized spacial score (nSPS) is 20.6. The zero-order valence-corrected chi connectivity index (χ0v) is 19.5. The van der Waals surface area contributed by atoms with Gasteiger partial charge in [0.25, 0.3) is 5.56 Å². The molecule has 0 aromatic carbocycles. The van der Waals surface area contributed by atoms with Gasteiger partial charge in [0.15, 0.2) is 5.65 Å². The van der Waals surface area contributed by atoms with E-state index in [-0.39, 0.29) is 23.9 Å². The van der Waals surface area contributed by atoms with Crippen LogP contribution in [0.25, 0.3) is 11.2 Å². The fourth-order valence-electron chi connectivity index (χ4n) is 4.99. The topological polar surface area (TPSA) is 105 Å². The zero-order valence-electron chi connectivity index (χ0n) is 19.5. The standard InChI is InChI=1S/C24H34N4O4/c1-5-15-11-12-16(6-2)22(15)28-23-17(13-14-19(26-23)27(4)20(29)7-3)25-18(24(28)32)9-8-10-21(30)31/h13-16,22H,5-12H2,1-4H3,(H,30,31). The summed E-state index contributed by atoms with van der Waals surface area (Å²) in [5.74, 6) is 0.305. The fourth-order valence-corrected chi connectivity index (χ4v) is 4.99. The van der Waals surface area contributed by atoms with Crippen LogP contribution in [0.5, 0.6) is 0 Å². The quantitative estimate of drug-likeness (QED) is 0.630. The Morgan fingerprint density at radius 2 is 1.78 bits per heavy atom. The lowest BCUT2D eigenvalue weighted by Gasteiger charge is -2.28. The van der Waals surface area contributed by atoms with E-state index in [1.54, 1.807) is 20.0 Å². The highest BCUT2D eigenvalue weighted by Gasteiger charge is 2.37. The van der Waals surface area contributed by atoms with Gasteiger partial charge in [-0.1, -0.05) is 33.6 Å². The minimum absolute atomic E-state index is 0.00112. The molecule has 1 saturated carbocycles. The smallest absolute Gasteiger partial charge is 0.303 e. The van der Waals surface area contributed by atoms with Gasteiger partial charge in [0.05, 0.1) is 0 Å². The number of carboxylic acids is 1. The van der Waals surface area contributed by atoms with Crippen LogP contribution < -0.4 is 10.5 Å². The molecule has 2 aromatic rings. The Bertz CT molecular complexity index is 1040. The maximum absolute atomic E-state index is 13.7. The molecule has 32 heavy (non-hydrogen) atoms. The SMILES string of the molecule is CCC(=O)N(C)c1ccc2nc(CCCC(=O)O)c(=O)n(C3C(CC)CCC3CC)c2n1. The summed E-state index contributed by atoms with van der Waals surface area (Å²) in [6.07, 6.45) is 5.12. The van der Waals surface area contributed by atoms with Gasteiger partial charge >= 0.3 is 5.97 Å². The molecule has 1 fully saturated rings. The van der Waals surface area contributed by atoms with Crippen LogP contribution in [0, 0.1) is 11.8 Å². The second-order valence-electron chi connectivity index (χ2n) is 8.70. The van der Waals surface area contributed by atoms with Gasteiger partial charge in [0.1, 0.15) is 17.0 Å². The number of hydrogen-bond donors (Lipinski definition) is 1. The molecule has 0 bridgehead atoms. The molecule has 0 saturated heterocycles. The first-order valence-corrected chi connectivity index (χ1v) is 11.7. The molecule has 8 heteroatoms. The molecule has 1 aliphatic rings. The van der Waals surface area contributed by atoms with E-state index in [4.69, 9.17) is 10.1 Å². The molecule has 2 atom stereocenters. The molecule has 1 amide bonds. The molecule has 0 aliphatic heterocycles. The molecule has 2 aromatic heterocycles. The van der Waals surface area contributed by atoms with Crippen molar-refractivity contribution in [2.24, 2.45) is 11.8 Å². The molecule has 8 nitrogen and oxygen atoms in total. The molecule has 3 rings (SSSR count). The molecule has 174 valence electrons. The summed E-state index contributed by atoms with van der Waals surface area (Å²) in [5.41, 5.74) is 1.32. The van der Waals surface area contributed by atoms with E-state index >= 15 is 0 Å². The third-order valence-electron chi connectivity index (χ3n) is 6.83. The van der Waals surface area contributed by atoms with E-state index in [1.165, 1.54) is 4.90 Å².